The standard InChI is InChI=1S/C12H20O3/c1-11(6-4-8-13)5-2-3-7-12(11)14-9-10-15-12/h4,6,13H,2-3,5,7-10H2,1H3/b6-4+/t11-/m1/s1. The van der Waals surface area contributed by atoms with Crippen molar-refractivity contribution in [3.63, 3.8) is 0 Å². The molecular formula is C12H20O3. The van der Waals surface area contributed by atoms with E-state index in [0.29, 0.717) is 13.2 Å². The third-order valence-electron chi connectivity index (χ3n) is 3.67. The molecule has 3 heteroatoms. The van der Waals surface area contributed by atoms with E-state index < -0.39 is 5.79 Å². The maximum absolute atomic E-state index is 8.87. The average molecular weight is 212 g/mol. The first-order chi connectivity index (χ1) is 7.22. The predicted molar refractivity (Wildman–Crippen MR) is 57.4 cm³/mol. The molecule has 0 radical (unpaired) electrons. The summed E-state index contributed by atoms with van der Waals surface area (Å²) < 4.78 is 11.7. The molecule has 1 atom stereocenters. The number of hydrogen-bond donors (Lipinski definition) is 1. The molecule has 1 saturated carbocycles. The molecule has 0 aromatic heterocycles. The topological polar surface area (TPSA) is 38.7 Å². The van der Waals surface area contributed by atoms with Crippen LogP contribution in [0.4, 0.5) is 0 Å². The van der Waals surface area contributed by atoms with E-state index in [-0.39, 0.29) is 12.0 Å². The van der Waals surface area contributed by atoms with E-state index in [4.69, 9.17) is 14.6 Å². The van der Waals surface area contributed by atoms with Crippen LogP contribution in [0, 0.1) is 5.41 Å². The van der Waals surface area contributed by atoms with Gasteiger partial charge in [-0.3, -0.25) is 0 Å². The van der Waals surface area contributed by atoms with Crippen LogP contribution in [0.25, 0.3) is 0 Å². The first-order valence-electron chi connectivity index (χ1n) is 5.79. The van der Waals surface area contributed by atoms with Crippen LogP contribution >= 0.6 is 0 Å². The highest BCUT2D eigenvalue weighted by Crippen LogP contribution is 2.50. The summed E-state index contributed by atoms with van der Waals surface area (Å²) in [6.07, 6.45) is 8.29. The molecule has 15 heavy (non-hydrogen) atoms. The van der Waals surface area contributed by atoms with Crippen molar-refractivity contribution in [3.8, 4) is 0 Å². The van der Waals surface area contributed by atoms with E-state index in [1.54, 1.807) is 6.08 Å². The van der Waals surface area contributed by atoms with Crippen LogP contribution in [-0.4, -0.2) is 30.7 Å². The minimum atomic E-state index is -0.420. The lowest BCUT2D eigenvalue weighted by Gasteiger charge is -2.46. The van der Waals surface area contributed by atoms with Gasteiger partial charge in [-0.2, -0.15) is 0 Å². The van der Waals surface area contributed by atoms with E-state index in [9.17, 15) is 0 Å². The molecule has 2 fully saturated rings. The SMILES string of the molecule is C[C@]1(/C=C/CO)CCCCC12OCCO2. The molecule has 2 aliphatic rings. The second-order valence-electron chi connectivity index (χ2n) is 4.66. The minimum Gasteiger partial charge on any atom is -0.392 e. The van der Waals surface area contributed by atoms with Crippen molar-refractivity contribution in [2.75, 3.05) is 19.8 Å². The summed E-state index contributed by atoms with van der Waals surface area (Å²) >= 11 is 0. The van der Waals surface area contributed by atoms with Gasteiger partial charge < -0.3 is 14.6 Å². The predicted octanol–water partition coefficient (Wildman–Crippen LogP) is 1.86. The highest BCUT2D eigenvalue weighted by molar-refractivity contribution is 5.08. The van der Waals surface area contributed by atoms with Gasteiger partial charge in [0, 0.05) is 11.8 Å². The van der Waals surface area contributed by atoms with Crippen LogP contribution in [0.3, 0.4) is 0 Å². The van der Waals surface area contributed by atoms with Gasteiger partial charge in [-0.25, -0.2) is 0 Å². The molecule has 2 rings (SSSR count). The van der Waals surface area contributed by atoms with Crippen LogP contribution in [-0.2, 0) is 9.47 Å². The van der Waals surface area contributed by atoms with Gasteiger partial charge in [0.1, 0.15) is 0 Å². The third-order valence-corrected chi connectivity index (χ3v) is 3.67. The Morgan fingerprint density at radius 3 is 2.53 bits per heavy atom. The Bertz CT molecular complexity index is 243. The lowest BCUT2D eigenvalue weighted by molar-refractivity contribution is -0.235. The van der Waals surface area contributed by atoms with Gasteiger partial charge in [0.05, 0.1) is 19.8 Å². The largest absolute Gasteiger partial charge is 0.392 e. The second kappa shape index (κ2) is 4.24. The number of aliphatic hydroxyl groups excluding tert-OH is 1. The monoisotopic (exact) mass is 212 g/mol. The summed E-state index contributed by atoms with van der Waals surface area (Å²) in [6, 6.07) is 0. The highest BCUT2D eigenvalue weighted by Gasteiger charge is 2.52. The Labute approximate surface area is 91.1 Å². The smallest absolute Gasteiger partial charge is 0.177 e. The maximum atomic E-state index is 8.87. The molecule has 86 valence electrons. The minimum absolute atomic E-state index is 0.0789. The molecule has 0 amide bonds. The number of aliphatic hydroxyl groups is 1. The fourth-order valence-electron chi connectivity index (χ4n) is 2.78. The fourth-order valence-corrected chi connectivity index (χ4v) is 2.78. The quantitative estimate of drug-likeness (QED) is 0.710. The van der Waals surface area contributed by atoms with Gasteiger partial charge in [-0.05, 0) is 12.8 Å². The molecular weight excluding hydrogens is 192 g/mol. The van der Waals surface area contributed by atoms with E-state index in [2.05, 4.69) is 13.0 Å². The van der Waals surface area contributed by atoms with Gasteiger partial charge >= 0.3 is 0 Å². The summed E-state index contributed by atoms with van der Waals surface area (Å²) in [5.41, 5.74) is -0.0789. The van der Waals surface area contributed by atoms with E-state index in [1.807, 2.05) is 0 Å². The van der Waals surface area contributed by atoms with E-state index in [0.717, 1.165) is 12.8 Å². The number of rotatable bonds is 2. The molecule has 0 aromatic carbocycles. The third kappa shape index (κ3) is 1.84. The lowest BCUT2D eigenvalue weighted by Crippen LogP contribution is -2.48. The summed E-state index contributed by atoms with van der Waals surface area (Å²) in [7, 11) is 0. The van der Waals surface area contributed by atoms with Gasteiger partial charge in [0.2, 0.25) is 0 Å². The summed E-state index contributed by atoms with van der Waals surface area (Å²) in [6.45, 7) is 3.65. The van der Waals surface area contributed by atoms with Crippen LogP contribution < -0.4 is 0 Å². The Morgan fingerprint density at radius 2 is 1.87 bits per heavy atom. The van der Waals surface area contributed by atoms with Crippen molar-refractivity contribution < 1.29 is 14.6 Å². The molecule has 1 heterocycles. The fraction of sp³-hybridized carbons (Fsp3) is 0.833. The van der Waals surface area contributed by atoms with E-state index >= 15 is 0 Å². The molecule has 0 aromatic rings. The summed E-state index contributed by atoms with van der Waals surface area (Å²) in [5, 5.41) is 8.87. The van der Waals surface area contributed by atoms with Crippen molar-refractivity contribution in [3.05, 3.63) is 12.2 Å². The molecule has 1 N–H and O–H groups in total. The van der Waals surface area contributed by atoms with Gasteiger partial charge in [0.25, 0.3) is 0 Å². The lowest BCUT2D eigenvalue weighted by atomic mass is 9.70. The van der Waals surface area contributed by atoms with Crippen LogP contribution in [0.5, 0.6) is 0 Å². The molecule has 1 aliphatic heterocycles. The van der Waals surface area contributed by atoms with Crippen LogP contribution in [0.1, 0.15) is 32.6 Å². The molecule has 3 nitrogen and oxygen atoms in total. The van der Waals surface area contributed by atoms with Crippen LogP contribution in [0.15, 0.2) is 12.2 Å². The van der Waals surface area contributed by atoms with Crippen molar-refractivity contribution >= 4 is 0 Å². The highest BCUT2D eigenvalue weighted by atomic mass is 16.7. The Balaban J connectivity index is 2.21. The Morgan fingerprint density at radius 1 is 1.20 bits per heavy atom. The average Bonchev–Trinajstić information content (AvgIpc) is 2.71. The van der Waals surface area contributed by atoms with Gasteiger partial charge in [-0.1, -0.05) is 25.5 Å². The van der Waals surface area contributed by atoms with Crippen molar-refractivity contribution in [1.29, 1.82) is 0 Å². The zero-order chi connectivity index (χ0) is 10.8. The molecule has 1 saturated heterocycles. The molecule has 0 unspecified atom stereocenters. The maximum Gasteiger partial charge on any atom is 0.177 e. The second-order valence-corrected chi connectivity index (χ2v) is 4.66. The molecule has 1 aliphatic carbocycles. The van der Waals surface area contributed by atoms with Gasteiger partial charge in [-0.15, -0.1) is 0 Å². The van der Waals surface area contributed by atoms with E-state index in [1.165, 1.54) is 12.8 Å². The van der Waals surface area contributed by atoms with Crippen LogP contribution in [0.2, 0.25) is 0 Å². The normalized spacial score (nSPS) is 35.3. The van der Waals surface area contributed by atoms with Crippen molar-refractivity contribution in [1.82, 2.24) is 0 Å². The van der Waals surface area contributed by atoms with Gasteiger partial charge in [0.15, 0.2) is 5.79 Å². The summed E-state index contributed by atoms with van der Waals surface area (Å²) in [5.74, 6) is -0.420. The van der Waals surface area contributed by atoms with Crippen molar-refractivity contribution in [2.45, 2.75) is 38.4 Å². The summed E-state index contributed by atoms with van der Waals surface area (Å²) in [4.78, 5) is 0. The zero-order valence-corrected chi connectivity index (χ0v) is 9.37. The molecule has 0 bridgehead atoms. The molecule has 1 spiro atoms. The van der Waals surface area contributed by atoms with Crippen molar-refractivity contribution in [2.24, 2.45) is 5.41 Å². The Hall–Kier alpha value is -0.380. The number of ether oxygens (including phenoxy) is 2. The number of hydrogen-bond acceptors (Lipinski definition) is 3. The first kappa shape index (κ1) is 11.1. The first-order valence-corrected chi connectivity index (χ1v) is 5.79. The Kier molecular flexibility index (Phi) is 3.14. The zero-order valence-electron chi connectivity index (χ0n) is 9.37.